The number of nitrogens with one attached hydrogen (secondary N) is 1. The van der Waals surface area contributed by atoms with Gasteiger partial charge in [-0.15, -0.1) is 0 Å². The minimum atomic E-state index is -1.50. The first kappa shape index (κ1) is 26.8. The average molecular weight is 536 g/mol. The molecule has 4 rings (SSSR count). The predicted molar refractivity (Wildman–Crippen MR) is 139 cm³/mol. The molecule has 0 saturated heterocycles. The third-order valence-electron chi connectivity index (χ3n) is 6.10. The van der Waals surface area contributed by atoms with Crippen molar-refractivity contribution in [1.82, 2.24) is 25.0 Å². The molecule has 0 fully saturated rings. The summed E-state index contributed by atoms with van der Waals surface area (Å²) in [4.78, 5) is 35.9. The lowest BCUT2D eigenvalue weighted by Crippen LogP contribution is -2.49. The molecule has 196 valence electrons. The zero-order valence-electron chi connectivity index (χ0n) is 21.0. The van der Waals surface area contributed by atoms with Crippen LogP contribution in [0.15, 0.2) is 60.1 Å². The van der Waals surface area contributed by atoms with Crippen LogP contribution in [0.3, 0.4) is 0 Å². The number of amides is 2. The molecular formula is C26H26ClN7O4. The number of carboxylic acid groups (broad SMARTS) is 1. The third-order valence-corrected chi connectivity index (χ3v) is 6.42. The van der Waals surface area contributed by atoms with Crippen molar-refractivity contribution in [2.75, 3.05) is 6.61 Å². The first-order valence-electron chi connectivity index (χ1n) is 11.7. The Labute approximate surface area is 224 Å². The molecule has 11 nitrogen and oxygen atoms in total. The van der Waals surface area contributed by atoms with Crippen molar-refractivity contribution < 1.29 is 19.8 Å². The van der Waals surface area contributed by atoms with Gasteiger partial charge in [-0.05, 0) is 47.2 Å². The van der Waals surface area contributed by atoms with Gasteiger partial charge in [0.2, 0.25) is 5.96 Å². The summed E-state index contributed by atoms with van der Waals surface area (Å²) in [6.07, 6.45) is 1.62. The molecule has 0 spiro atoms. The minimum absolute atomic E-state index is 0.215. The molecule has 2 atom stereocenters. The molecule has 0 radical (unpaired) electrons. The lowest BCUT2D eigenvalue weighted by Gasteiger charge is -2.34. The highest BCUT2D eigenvalue weighted by Gasteiger charge is 2.53. The molecular weight excluding hydrogens is 510 g/mol. The van der Waals surface area contributed by atoms with Crippen molar-refractivity contribution in [3.63, 3.8) is 0 Å². The SMILES string of the molecule is CC(C)(C)C[C@]1(c2ccc(C#N)cc2)N=C(NC(=O)O)N([C@H](CO)c2ccc(Cl)c(-n3cncn3)c2)C1=O. The van der Waals surface area contributed by atoms with Gasteiger partial charge < -0.3 is 10.2 Å². The molecule has 0 bridgehead atoms. The highest BCUT2D eigenvalue weighted by molar-refractivity contribution is 6.32. The van der Waals surface area contributed by atoms with Gasteiger partial charge in [0.05, 0.1) is 35.0 Å². The van der Waals surface area contributed by atoms with Crippen LogP contribution in [0.5, 0.6) is 0 Å². The highest BCUT2D eigenvalue weighted by atomic mass is 35.5. The molecule has 2 heterocycles. The summed E-state index contributed by atoms with van der Waals surface area (Å²) in [5.74, 6) is -0.732. The highest BCUT2D eigenvalue weighted by Crippen LogP contribution is 2.45. The van der Waals surface area contributed by atoms with Gasteiger partial charge in [0, 0.05) is 0 Å². The van der Waals surface area contributed by atoms with E-state index in [-0.39, 0.29) is 12.4 Å². The minimum Gasteiger partial charge on any atom is -0.465 e. The van der Waals surface area contributed by atoms with Gasteiger partial charge in [-0.3, -0.25) is 15.0 Å². The quantitative estimate of drug-likeness (QED) is 0.435. The van der Waals surface area contributed by atoms with Crippen LogP contribution in [0, 0.1) is 16.7 Å². The second kappa shape index (κ2) is 10.2. The first-order chi connectivity index (χ1) is 18.0. The number of halogens is 1. The lowest BCUT2D eigenvalue weighted by atomic mass is 9.75. The number of nitrogens with zero attached hydrogens (tertiary/aromatic N) is 6. The molecule has 0 saturated carbocycles. The summed E-state index contributed by atoms with van der Waals surface area (Å²) in [5.41, 5.74) is -0.0679. The number of aliphatic imine (C=N–C) groups is 1. The maximum atomic E-state index is 14.4. The summed E-state index contributed by atoms with van der Waals surface area (Å²) in [6, 6.07) is 12.4. The van der Waals surface area contributed by atoms with E-state index in [1.807, 2.05) is 20.8 Å². The summed E-state index contributed by atoms with van der Waals surface area (Å²) >= 11 is 6.38. The Hall–Kier alpha value is -4.27. The van der Waals surface area contributed by atoms with E-state index in [0.29, 0.717) is 27.4 Å². The van der Waals surface area contributed by atoms with E-state index in [2.05, 4.69) is 26.5 Å². The summed E-state index contributed by atoms with van der Waals surface area (Å²) in [7, 11) is 0. The van der Waals surface area contributed by atoms with E-state index in [0.717, 1.165) is 0 Å². The fourth-order valence-corrected chi connectivity index (χ4v) is 4.83. The molecule has 38 heavy (non-hydrogen) atoms. The summed E-state index contributed by atoms with van der Waals surface area (Å²) in [5, 5.41) is 36.1. The van der Waals surface area contributed by atoms with Crippen LogP contribution < -0.4 is 5.32 Å². The summed E-state index contributed by atoms with van der Waals surface area (Å²) < 4.78 is 1.44. The van der Waals surface area contributed by atoms with E-state index in [9.17, 15) is 25.1 Å². The fraction of sp³-hybridized carbons (Fsp3) is 0.308. The maximum Gasteiger partial charge on any atom is 0.411 e. The molecule has 3 aromatic rings. The average Bonchev–Trinajstić information content (AvgIpc) is 3.48. The Morgan fingerprint density at radius 3 is 2.50 bits per heavy atom. The van der Waals surface area contributed by atoms with Crippen molar-refractivity contribution >= 4 is 29.6 Å². The van der Waals surface area contributed by atoms with Crippen molar-refractivity contribution in [2.45, 2.75) is 38.8 Å². The molecule has 0 unspecified atom stereocenters. The van der Waals surface area contributed by atoms with E-state index in [1.54, 1.807) is 42.5 Å². The van der Waals surface area contributed by atoms with Crippen LogP contribution in [0.1, 0.15) is 49.9 Å². The largest absolute Gasteiger partial charge is 0.465 e. The maximum absolute atomic E-state index is 14.4. The van der Waals surface area contributed by atoms with Gasteiger partial charge in [-0.2, -0.15) is 10.4 Å². The number of aliphatic hydroxyl groups excluding tert-OH is 1. The monoisotopic (exact) mass is 535 g/mol. The van der Waals surface area contributed by atoms with E-state index < -0.39 is 35.6 Å². The molecule has 1 aromatic heterocycles. The number of nitriles is 1. The van der Waals surface area contributed by atoms with E-state index >= 15 is 0 Å². The van der Waals surface area contributed by atoms with Crippen molar-refractivity contribution in [2.24, 2.45) is 10.4 Å². The first-order valence-corrected chi connectivity index (χ1v) is 12.1. The van der Waals surface area contributed by atoms with Crippen molar-refractivity contribution in [3.8, 4) is 11.8 Å². The number of carbonyl (C=O) groups is 2. The van der Waals surface area contributed by atoms with Gasteiger partial charge in [0.25, 0.3) is 5.91 Å². The standard InChI is InChI=1S/C26H26ClN7O4/c1-25(2,3)13-26(18-7-4-16(11-28)5-8-18)22(36)34(23(32-26)31-24(37)38)21(12-35)17-6-9-19(27)20(10-17)33-15-29-14-30-33/h4-10,14-15,21,35H,12-13H2,1-3H3,(H,31,32)(H,37,38)/t21-,26-/m1/s1. The second-order valence-corrected chi connectivity index (χ2v) is 10.5. The lowest BCUT2D eigenvalue weighted by molar-refractivity contribution is -0.135. The topological polar surface area (TPSA) is 157 Å². The Morgan fingerprint density at radius 1 is 1.24 bits per heavy atom. The molecule has 2 aromatic carbocycles. The van der Waals surface area contributed by atoms with Crippen LogP contribution in [-0.4, -0.2) is 54.4 Å². The van der Waals surface area contributed by atoms with E-state index in [4.69, 9.17) is 11.6 Å². The number of hydrogen-bond donors (Lipinski definition) is 3. The van der Waals surface area contributed by atoms with Crippen molar-refractivity contribution in [1.29, 1.82) is 5.26 Å². The molecule has 1 aliphatic heterocycles. The normalized spacial score (nSPS) is 18.2. The number of rotatable bonds is 6. The Bertz CT molecular complexity index is 1430. The van der Waals surface area contributed by atoms with Crippen LogP contribution in [-0.2, 0) is 10.3 Å². The predicted octanol–water partition coefficient (Wildman–Crippen LogP) is 3.62. The van der Waals surface area contributed by atoms with Gasteiger partial charge >= 0.3 is 6.09 Å². The number of aromatic nitrogens is 3. The molecule has 2 amide bonds. The smallest absolute Gasteiger partial charge is 0.411 e. The number of carbonyl (C=O) groups excluding carboxylic acids is 1. The fourth-order valence-electron chi connectivity index (χ4n) is 4.63. The van der Waals surface area contributed by atoms with Gasteiger partial charge in [0.1, 0.15) is 12.7 Å². The number of hydrogen-bond acceptors (Lipinski definition) is 7. The number of aliphatic hydroxyl groups is 1. The second-order valence-electron chi connectivity index (χ2n) is 10.1. The Kier molecular flexibility index (Phi) is 7.22. The zero-order chi connectivity index (χ0) is 27.7. The van der Waals surface area contributed by atoms with Crippen LogP contribution in [0.4, 0.5) is 4.79 Å². The van der Waals surface area contributed by atoms with Crippen LogP contribution >= 0.6 is 11.6 Å². The van der Waals surface area contributed by atoms with Crippen LogP contribution in [0.2, 0.25) is 5.02 Å². The number of benzene rings is 2. The molecule has 0 aliphatic carbocycles. The third kappa shape index (κ3) is 5.09. The van der Waals surface area contributed by atoms with Gasteiger partial charge in [-0.1, -0.05) is 50.6 Å². The van der Waals surface area contributed by atoms with Gasteiger partial charge in [0.15, 0.2) is 5.54 Å². The Balaban J connectivity index is 1.87. The molecule has 3 N–H and O–H groups in total. The summed E-state index contributed by atoms with van der Waals surface area (Å²) in [6.45, 7) is 5.30. The van der Waals surface area contributed by atoms with Crippen LogP contribution in [0.25, 0.3) is 5.69 Å². The Morgan fingerprint density at radius 2 is 1.95 bits per heavy atom. The molecule has 12 heteroatoms. The zero-order valence-corrected chi connectivity index (χ0v) is 21.7. The van der Waals surface area contributed by atoms with E-state index in [1.165, 1.54) is 22.2 Å². The van der Waals surface area contributed by atoms with Gasteiger partial charge in [-0.25, -0.2) is 19.5 Å². The molecule has 1 aliphatic rings. The van der Waals surface area contributed by atoms with Crippen molar-refractivity contribution in [3.05, 3.63) is 76.8 Å². The number of guanidine groups is 1.